The van der Waals surface area contributed by atoms with E-state index in [1.807, 2.05) is 6.20 Å². The van der Waals surface area contributed by atoms with Crippen LogP contribution >= 0.6 is 0 Å². The molecule has 2 heterocycles. The van der Waals surface area contributed by atoms with Gasteiger partial charge in [-0.2, -0.15) is 0 Å². The average Bonchev–Trinajstić information content (AvgIpc) is 2.46. The van der Waals surface area contributed by atoms with E-state index in [1.165, 1.54) is 11.6 Å². The smallest absolute Gasteiger partial charge is 0.123 e. The first kappa shape index (κ1) is 8.00. The van der Waals surface area contributed by atoms with E-state index in [9.17, 15) is 4.39 Å². The van der Waals surface area contributed by atoms with Gasteiger partial charge in [-0.1, -0.05) is 0 Å². The molecule has 1 aromatic carbocycles. The highest BCUT2D eigenvalue weighted by Crippen LogP contribution is 2.28. The quantitative estimate of drug-likeness (QED) is 0.707. The maximum atomic E-state index is 13.1. The SMILES string of the molecule is Fc1ccc2[nH]cc(C3CNC3)c2c1. The predicted molar refractivity (Wildman–Crippen MR) is 53.9 cm³/mol. The number of benzene rings is 1. The predicted octanol–water partition coefficient (Wildman–Crippen LogP) is 1.99. The third kappa shape index (κ3) is 1.06. The fourth-order valence-electron chi connectivity index (χ4n) is 1.96. The minimum Gasteiger partial charge on any atom is -0.361 e. The lowest BCUT2D eigenvalue weighted by molar-refractivity contribution is 0.450. The van der Waals surface area contributed by atoms with Crippen LogP contribution in [0.25, 0.3) is 10.9 Å². The minimum absolute atomic E-state index is 0.161. The monoisotopic (exact) mass is 190 g/mol. The van der Waals surface area contributed by atoms with Gasteiger partial charge in [-0.05, 0) is 23.8 Å². The number of nitrogens with one attached hydrogen (secondary N) is 2. The molecule has 14 heavy (non-hydrogen) atoms. The Morgan fingerprint density at radius 2 is 2.14 bits per heavy atom. The van der Waals surface area contributed by atoms with Gasteiger partial charge in [0.05, 0.1) is 0 Å². The van der Waals surface area contributed by atoms with Gasteiger partial charge in [-0.3, -0.25) is 0 Å². The molecule has 2 nitrogen and oxygen atoms in total. The summed E-state index contributed by atoms with van der Waals surface area (Å²) in [5.41, 5.74) is 2.26. The van der Waals surface area contributed by atoms with Crippen molar-refractivity contribution < 1.29 is 4.39 Å². The molecule has 72 valence electrons. The van der Waals surface area contributed by atoms with Crippen molar-refractivity contribution in [1.82, 2.24) is 10.3 Å². The number of aromatic amines is 1. The van der Waals surface area contributed by atoms with E-state index in [1.54, 1.807) is 12.1 Å². The lowest BCUT2D eigenvalue weighted by Gasteiger charge is -2.26. The van der Waals surface area contributed by atoms with Crippen LogP contribution in [0.3, 0.4) is 0 Å². The third-order valence-corrected chi connectivity index (χ3v) is 2.90. The Labute approximate surface area is 81.1 Å². The topological polar surface area (TPSA) is 27.8 Å². The molecule has 1 aliphatic rings. The molecule has 1 aromatic heterocycles. The molecule has 2 N–H and O–H groups in total. The molecule has 0 spiro atoms. The Hall–Kier alpha value is -1.35. The molecular formula is C11H11FN2. The number of hydrogen-bond donors (Lipinski definition) is 2. The highest BCUT2D eigenvalue weighted by molar-refractivity contribution is 5.84. The summed E-state index contributed by atoms with van der Waals surface area (Å²) in [7, 11) is 0. The van der Waals surface area contributed by atoms with Crippen molar-refractivity contribution in [2.45, 2.75) is 5.92 Å². The van der Waals surface area contributed by atoms with E-state index >= 15 is 0 Å². The van der Waals surface area contributed by atoms with Gasteiger partial charge in [-0.25, -0.2) is 4.39 Å². The number of hydrogen-bond acceptors (Lipinski definition) is 1. The Bertz CT molecular complexity index is 471. The van der Waals surface area contributed by atoms with Crippen molar-refractivity contribution in [3.05, 3.63) is 35.8 Å². The molecule has 3 heteroatoms. The van der Waals surface area contributed by atoms with Gasteiger partial charge in [0.2, 0.25) is 0 Å². The first-order chi connectivity index (χ1) is 6.84. The van der Waals surface area contributed by atoms with Gasteiger partial charge in [0.1, 0.15) is 5.82 Å². The number of aromatic nitrogens is 1. The standard InChI is InChI=1S/C11H11FN2/c12-8-1-2-11-9(3-8)10(6-14-11)7-4-13-5-7/h1-3,6-7,13-14H,4-5H2. The first-order valence-electron chi connectivity index (χ1n) is 4.82. The lowest BCUT2D eigenvalue weighted by Crippen LogP contribution is -2.39. The summed E-state index contributed by atoms with van der Waals surface area (Å²) in [6.45, 7) is 2.01. The second-order valence-corrected chi connectivity index (χ2v) is 3.79. The second-order valence-electron chi connectivity index (χ2n) is 3.79. The van der Waals surface area contributed by atoms with Crippen LogP contribution in [0.5, 0.6) is 0 Å². The maximum Gasteiger partial charge on any atom is 0.123 e. The van der Waals surface area contributed by atoms with Crippen molar-refractivity contribution in [3.63, 3.8) is 0 Å². The van der Waals surface area contributed by atoms with Crippen LogP contribution in [0.2, 0.25) is 0 Å². The van der Waals surface area contributed by atoms with Gasteiger partial charge in [-0.15, -0.1) is 0 Å². The van der Waals surface area contributed by atoms with Crippen LogP contribution in [-0.4, -0.2) is 18.1 Å². The zero-order valence-corrected chi connectivity index (χ0v) is 7.68. The molecule has 3 rings (SSSR count). The van der Waals surface area contributed by atoms with Crippen molar-refractivity contribution in [3.8, 4) is 0 Å². The summed E-state index contributed by atoms with van der Waals surface area (Å²) < 4.78 is 13.1. The number of H-pyrrole nitrogens is 1. The minimum atomic E-state index is -0.161. The van der Waals surface area contributed by atoms with Gasteiger partial charge in [0.25, 0.3) is 0 Å². The number of halogens is 1. The normalized spacial score (nSPS) is 17.2. The van der Waals surface area contributed by atoms with E-state index in [0.717, 1.165) is 24.0 Å². The van der Waals surface area contributed by atoms with Crippen molar-refractivity contribution in [2.75, 3.05) is 13.1 Å². The Morgan fingerprint density at radius 3 is 2.86 bits per heavy atom. The molecule has 0 amide bonds. The zero-order valence-electron chi connectivity index (χ0n) is 7.68. The molecule has 1 saturated heterocycles. The van der Waals surface area contributed by atoms with E-state index in [2.05, 4.69) is 10.3 Å². The summed E-state index contributed by atoms with van der Waals surface area (Å²) in [5.74, 6) is 0.385. The van der Waals surface area contributed by atoms with E-state index in [4.69, 9.17) is 0 Å². The largest absolute Gasteiger partial charge is 0.361 e. The van der Waals surface area contributed by atoms with Gasteiger partial charge in [0.15, 0.2) is 0 Å². The fourth-order valence-corrected chi connectivity index (χ4v) is 1.96. The first-order valence-corrected chi connectivity index (χ1v) is 4.82. The van der Waals surface area contributed by atoms with Crippen LogP contribution in [0.15, 0.2) is 24.4 Å². The third-order valence-electron chi connectivity index (χ3n) is 2.90. The van der Waals surface area contributed by atoms with Gasteiger partial charge in [0, 0.05) is 36.1 Å². The average molecular weight is 190 g/mol. The molecule has 1 fully saturated rings. The fraction of sp³-hybridized carbons (Fsp3) is 0.273. The summed E-state index contributed by atoms with van der Waals surface area (Å²) in [5, 5.41) is 4.25. The number of fused-ring (bicyclic) bond motifs is 1. The molecule has 0 bridgehead atoms. The lowest BCUT2D eigenvalue weighted by atomic mass is 9.93. The molecule has 0 saturated carbocycles. The zero-order chi connectivity index (χ0) is 9.54. The molecule has 0 unspecified atom stereocenters. The number of rotatable bonds is 1. The highest BCUT2D eigenvalue weighted by Gasteiger charge is 2.21. The summed E-state index contributed by atoms with van der Waals surface area (Å²) in [6, 6.07) is 4.89. The van der Waals surface area contributed by atoms with Crippen LogP contribution in [0.4, 0.5) is 4.39 Å². The molecular weight excluding hydrogens is 179 g/mol. The van der Waals surface area contributed by atoms with E-state index < -0.39 is 0 Å². The van der Waals surface area contributed by atoms with Crippen LogP contribution in [0.1, 0.15) is 11.5 Å². The van der Waals surface area contributed by atoms with Gasteiger partial charge >= 0.3 is 0 Å². The second kappa shape index (κ2) is 2.82. The molecule has 0 aliphatic carbocycles. The molecule has 1 aliphatic heterocycles. The Kier molecular flexibility index (Phi) is 1.61. The van der Waals surface area contributed by atoms with Crippen LogP contribution < -0.4 is 5.32 Å². The van der Waals surface area contributed by atoms with E-state index in [-0.39, 0.29) is 5.82 Å². The molecule has 0 radical (unpaired) electrons. The van der Waals surface area contributed by atoms with Crippen molar-refractivity contribution >= 4 is 10.9 Å². The van der Waals surface area contributed by atoms with Crippen LogP contribution in [0, 0.1) is 5.82 Å². The van der Waals surface area contributed by atoms with Crippen LogP contribution in [-0.2, 0) is 0 Å². The maximum absolute atomic E-state index is 13.1. The van der Waals surface area contributed by atoms with Gasteiger partial charge < -0.3 is 10.3 Å². The summed E-state index contributed by atoms with van der Waals surface area (Å²) >= 11 is 0. The van der Waals surface area contributed by atoms with Crippen molar-refractivity contribution in [2.24, 2.45) is 0 Å². The highest BCUT2D eigenvalue weighted by atomic mass is 19.1. The van der Waals surface area contributed by atoms with E-state index in [0.29, 0.717) is 5.92 Å². The summed E-state index contributed by atoms with van der Waals surface area (Å²) in [4.78, 5) is 3.17. The summed E-state index contributed by atoms with van der Waals surface area (Å²) in [6.07, 6.45) is 2.00. The Balaban J connectivity index is 2.18. The van der Waals surface area contributed by atoms with Crippen molar-refractivity contribution in [1.29, 1.82) is 0 Å². The Morgan fingerprint density at radius 1 is 1.29 bits per heavy atom. The molecule has 2 aromatic rings. The molecule has 0 atom stereocenters.